The summed E-state index contributed by atoms with van der Waals surface area (Å²) in [5, 5.41) is 4.19. The molecular formula is C13H18ClNO. The van der Waals surface area contributed by atoms with Gasteiger partial charge in [-0.1, -0.05) is 11.6 Å². The van der Waals surface area contributed by atoms with Gasteiger partial charge in [0.05, 0.1) is 0 Å². The molecule has 1 aromatic rings. The Hall–Kier alpha value is -0.730. The van der Waals surface area contributed by atoms with Gasteiger partial charge in [-0.2, -0.15) is 0 Å². The highest BCUT2D eigenvalue weighted by Gasteiger charge is 2.15. The first kappa shape index (κ1) is 11.7. The molecule has 1 atom stereocenters. The van der Waals surface area contributed by atoms with Crippen molar-refractivity contribution in [2.45, 2.75) is 32.8 Å². The molecule has 0 spiro atoms. The van der Waals surface area contributed by atoms with Gasteiger partial charge in [0.2, 0.25) is 0 Å². The maximum atomic E-state index is 6.12. The van der Waals surface area contributed by atoms with Crippen molar-refractivity contribution >= 4 is 11.6 Å². The van der Waals surface area contributed by atoms with Crippen LogP contribution in [0.2, 0.25) is 5.02 Å². The first-order chi connectivity index (χ1) is 7.66. The Morgan fingerprint density at radius 2 is 2.00 bits per heavy atom. The fraction of sp³-hybridized carbons (Fsp3) is 0.538. The summed E-state index contributed by atoms with van der Waals surface area (Å²) in [5.41, 5.74) is 2.17. The summed E-state index contributed by atoms with van der Waals surface area (Å²) in [6, 6.07) is 4.04. The van der Waals surface area contributed by atoms with Crippen molar-refractivity contribution in [1.82, 2.24) is 5.32 Å². The number of hydrogen-bond donors (Lipinski definition) is 1. The van der Waals surface area contributed by atoms with E-state index in [1.54, 1.807) is 0 Å². The molecule has 0 radical (unpaired) electrons. The van der Waals surface area contributed by atoms with Crippen molar-refractivity contribution in [3.63, 3.8) is 0 Å². The summed E-state index contributed by atoms with van der Waals surface area (Å²) in [6.07, 6.45) is 2.62. The molecule has 2 rings (SSSR count). The minimum Gasteiger partial charge on any atom is -0.489 e. The fourth-order valence-corrected chi connectivity index (χ4v) is 2.20. The molecule has 1 saturated heterocycles. The predicted octanol–water partition coefficient (Wildman–Crippen LogP) is 3.09. The Labute approximate surface area is 102 Å². The van der Waals surface area contributed by atoms with Gasteiger partial charge in [0.25, 0.3) is 0 Å². The molecule has 0 unspecified atom stereocenters. The lowest BCUT2D eigenvalue weighted by molar-refractivity contribution is 0.167. The molecule has 1 fully saturated rings. The topological polar surface area (TPSA) is 21.3 Å². The van der Waals surface area contributed by atoms with Crippen LogP contribution < -0.4 is 10.1 Å². The van der Waals surface area contributed by atoms with Crippen molar-refractivity contribution < 1.29 is 4.74 Å². The summed E-state index contributed by atoms with van der Waals surface area (Å²) in [4.78, 5) is 0. The van der Waals surface area contributed by atoms with Crippen LogP contribution in [0.1, 0.15) is 24.0 Å². The molecule has 2 nitrogen and oxygen atoms in total. The van der Waals surface area contributed by atoms with E-state index >= 15 is 0 Å². The number of hydrogen-bond acceptors (Lipinski definition) is 2. The van der Waals surface area contributed by atoms with Crippen molar-refractivity contribution in [1.29, 1.82) is 0 Å². The molecule has 0 aromatic heterocycles. The largest absolute Gasteiger partial charge is 0.489 e. The number of benzene rings is 1. The third-order valence-electron chi connectivity index (χ3n) is 2.96. The summed E-state index contributed by atoms with van der Waals surface area (Å²) in [7, 11) is 0. The summed E-state index contributed by atoms with van der Waals surface area (Å²) >= 11 is 6.12. The number of aryl methyl sites for hydroxylation is 2. The molecule has 3 heteroatoms. The highest BCUT2D eigenvalue weighted by Crippen LogP contribution is 2.27. The van der Waals surface area contributed by atoms with Gasteiger partial charge < -0.3 is 10.1 Å². The molecule has 0 aliphatic carbocycles. The van der Waals surface area contributed by atoms with Crippen molar-refractivity contribution in [3.05, 3.63) is 28.3 Å². The molecule has 0 bridgehead atoms. The fourth-order valence-electron chi connectivity index (χ4n) is 2.09. The average molecular weight is 240 g/mol. The molecule has 1 heterocycles. The number of ether oxygens (including phenoxy) is 1. The third-order valence-corrected chi connectivity index (χ3v) is 3.56. The number of rotatable bonds is 2. The molecule has 0 amide bonds. The SMILES string of the molecule is Cc1cc(O[C@H]2CCCNC2)cc(C)c1Cl. The van der Waals surface area contributed by atoms with E-state index in [1.165, 1.54) is 6.42 Å². The normalized spacial score (nSPS) is 20.8. The van der Waals surface area contributed by atoms with Crippen LogP contribution in [0.25, 0.3) is 0 Å². The zero-order valence-electron chi connectivity index (χ0n) is 9.85. The lowest BCUT2D eigenvalue weighted by Gasteiger charge is -2.24. The smallest absolute Gasteiger partial charge is 0.120 e. The van der Waals surface area contributed by atoms with E-state index in [1.807, 2.05) is 26.0 Å². The van der Waals surface area contributed by atoms with E-state index in [9.17, 15) is 0 Å². The summed E-state index contributed by atoms with van der Waals surface area (Å²) in [5.74, 6) is 0.938. The summed E-state index contributed by atoms with van der Waals surface area (Å²) < 4.78 is 5.95. The van der Waals surface area contributed by atoms with E-state index in [0.29, 0.717) is 6.10 Å². The van der Waals surface area contributed by atoms with Gasteiger partial charge in [-0.15, -0.1) is 0 Å². The van der Waals surface area contributed by atoms with E-state index < -0.39 is 0 Å². The van der Waals surface area contributed by atoms with Gasteiger partial charge in [0.15, 0.2) is 0 Å². The van der Waals surface area contributed by atoms with Crippen molar-refractivity contribution in [3.8, 4) is 5.75 Å². The van der Waals surface area contributed by atoms with Gasteiger partial charge in [-0.05, 0) is 56.5 Å². The Morgan fingerprint density at radius 1 is 1.31 bits per heavy atom. The van der Waals surface area contributed by atoms with Crippen molar-refractivity contribution in [2.24, 2.45) is 0 Å². The maximum Gasteiger partial charge on any atom is 0.120 e. The Morgan fingerprint density at radius 3 is 2.56 bits per heavy atom. The van der Waals surface area contributed by atoms with E-state index in [4.69, 9.17) is 16.3 Å². The maximum absolute atomic E-state index is 6.12. The lowest BCUT2D eigenvalue weighted by Crippen LogP contribution is -2.37. The Balaban J connectivity index is 2.09. The van der Waals surface area contributed by atoms with Gasteiger partial charge in [0, 0.05) is 11.6 Å². The second kappa shape index (κ2) is 5.07. The van der Waals surface area contributed by atoms with Gasteiger partial charge in [-0.3, -0.25) is 0 Å². The Bertz CT molecular complexity index is 349. The Kier molecular flexibility index (Phi) is 3.72. The number of nitrogens with one attached hydrogen (secondary N) is 1. The summed E-state index contributed by atoms with van der Waals surface area (Å²) in [6.45, 7) is 6.09. The van der Waals surface area contributed by atoms with Crippen molar-refractivity contribution in [2.75, 3.05) is 13.1 Å². The molecule has 16 heavy (non-hydrogen) atoms. The van der Waals surface area contributed by atoms with E-state index in [-0.39, 0.29) is 0 Å². The van der Waals surface area contributed by atoms with Crippen LogP contribution >= 0.6 is 11.6 Å². The highest BCUT2D eigenvalue weighted by atomic mass is 35.5. The second-order valence-electron chi connectivity index (χ2n) is 4.46. The first-order valence-corrected chi connectivity index (χ1v) is 6.19. The zero-order valence-corrected chi connectivity index (χ0v) is 10.6. The van der Waals surface area contributed by atoms with Gasteiger partial charge in [0.1, 0.15) is 11.9 Å². The van der Waals surface area contributed by atoms with Gasteiger partial charge >= 0.3 is 0 Å². The third kappa shape index (κ3) is 2.69. The second-order valence-corrected chi connectivity index (χ2v) is 4.84. The van der Waals surface area contributed by atoms with E-state index in [2.05, 4.69) is 5.32 Å². The molecule has 1 aliphatic heterocycles. The van der Waals surface area contributed by atoms with Crippen LogP contribution in [-0.2, 0) is 0 Å². The quantitative estimate of drug-likeness (QED) is 0.857. The molecule has 0 saturated carbocycles. The molecule has 1 aliphatic rings. The van der Waals surface area contributed by atoms with Crippen LogP contribution in [-0.4, -0.2) is 19.2 Å². The predicted molar refractivity (Wildman–Crippen MR) is 67.4 cm³/mol. The van der Waals surface area contributed by atoms with E-state index in [0.717, 1.165) is 41.4 Å². The highest BCUT2D eigenvalue weighted by molar-refractivity contribution is 6.32. The average Bonchev–Trinajstić information content (AvgIpc) is 2.27. The molecule has 88 valence electrons. The van der Waals surface area contributed by atoms with Crippen LogP contribution in [0.15, 0.2) is 12.1 Å². The molecular weight excluding hydrogens is 222 g/mol. The minimum atomic E-state index is 0.300. The number of piperidine rings is 1. The van der Waals surface area contributed by atoms with Crippen LogP contribution in [0.5, 0.6) is 5.75 Å². The van der Waals surface area contributed by atoms with Gasteiger partial charge in [-0.25, -0.2) is 0 Å². The first-order valence-electron chi connectivity index (χ1n) is 5.81. The minimum absolute atomic E-state index is 0.300. The van der Waals surface area contributed by atoms with Crippen LogP contribution in [0, 0.1) is 13.8 Å². The molecule has 1 aromatic carbocycles. The lowest BCUT2D eigenvalue weighted by atomic mass is 10.1. The zero-order chi connectivity index (χ0) is 11.5. The standard InChI is InChI=1S/C13H18ClNO/c1-9-6-12(7-10(2)13(9)14)16-11-4-3-5-15-8-11/h6-7,11,15H,3-5,8H2,1-2H3/t11-/m0/s1. The monoisotopic (exact) mass is 239 g/mol. The van der Waals surface area contributed by atoms with Crippen LogP contribution in [0.4, 0.5) is 0 Å². The molecule has 1 N–H and O–H groups in total. The number of halogens is 1. The van der Waals surface area contributed by atoms with Crippen LogP contribution in [0.3, 0.4) is 0 Å².